The van der Waals surface area contributed by atoms with Crippen LogP contribution in [0.2, 0.25) is 0 Å². The topological polar surface area (TPSA) is 49.1 Å². The standard InChI is InChI=1S/C34H32F3N3O/c1-19(2)39-32-21(4)14-20(3)30(34(32)40-41-18-23-10-7-6-8-11-23)26-13-9-12-25-27(17-38-33(25)26)22(5)24-15-28(35)31(37)29(36)16-24/h6-17,19,38-40H,5,18H2,1-4H3. The lowest BCUT2D eigenvalue weighted by Crippen LogP contribution is -2.15. The molecule has 210 valence electrons. The molecule has 0 saturated heterocycles. The first kappa shape index (κ1) is 28.1. The third kappa shape index (κ3) is 5.58. The Morgan fingerprint density at radius 1 is 0.902 bits per heavy atom. The molecular weight excluding hydrogens is 523 g/mol. The van der Waals surface area contributed by atoms with Crippen molar-refractivity contribution in [3.05, 3.63) is 125 Å². The minimum Gasteiger partial charge on any atom is -0.381 e. The molecule has 0 bridgehead atoms. The molecule has 5 rings (SSSR count). The number of H-pyrrole nitrogens is 1. The van der Waals surface area contributed by atoms with Gasteiger partial charge in [-0.1, -0.05) is 61.2 Å². The zero-order valence-electron chi connectivity index (χ0n) is 23.5. The number of nitrogens with one attached hydrogen (secondary N) is 3. The van der Waals surface area contributed by atoms with E-state index < -0.39 is 17.5 Å². The van der Waals surface area contributed by atoms with Crippen LogP contribution in [0.3, 0.4) is 0 Å². The van der Waals surface area contributed by atoms with Crippen LogP contribution >= 0.6 is 0 Å². The van der Waals surface area contributed by atoms with E-state index >= 15 is 0 Å². The Kier molecular flexibility index (Phi) is 7.90. The zero-order valence-corrected chi connectivity index (χ0v) is 23.5. The number of aromatic amines is 1. The van der Waals surface area contributed by atoms with Gasteiger partial charge in [0.2, 0.25) is 0 Å². The fourth-order valence-corrected chi connectivity index (χ4v) is 5.18. The molecule has 1 aromatic heterocycles. The highest BCUT2D eigenvalue weighted by Gasteiger charge is 2.21. The van der Waals surface area contributed by atoms with Crippen molar-refractivity contribution in [2.45, 2.75) is 40.3 Å². The van der Waals surface area contributed by atoms with E-state index in [1.54, 1.807) is 6.20 Å². The van der Waals surface area contributed by atoms with Gasteiger partial charge in [-0.15, -0.1) is 0 Å². The lowest BCUT2D eigenvalue weighted by Gasteiger charge is -2.24. The molecule has 4 aromatic carbocycles. The zero-order chi connectivity index (χ0) is 29.3. The van der Waals surface area contributed by atoms with Gasteiger partial charge in [-0.05, 0) is 67.7 Å². The summed E-state index contributed by atoms with van der Waals surface area (Å²) < 4.78 is 41.6. The lowest BCUT2D eigenvalue weighted by atomic mass is 9.92. The number of hydrogen-bond acceptors (Lipinski definition) is 3. The minimum atomic E-state index is -1.50. The van der Waals surface area contributed by atoms with Crippen molar-refractivity contribution in [1.29, 1.82) is 0 Å². The smallest absolute Gasteiger partial charge is 0.194 e. The third-order valence-corrected chi connectivity index (χ3v) is 7.05. The summed E-state index contributed by atoms with van der Waals surface area (Å²) in [6.45, 7) is 12.7. The van der Waals surface area contributed by atoms with Crippen molar-refractivity contribution in [2.24, 2.45) is 0 Å². The molecule has 4 nitrogen and oxygen atoms in total. The first-order valence-corrected chi connectivity index (χ1v) is 13.4. The summed E-state index contributed by atoms with van der Waals surface area (Å²) in [5.41, 5.74) is 12.0. The average Bonchev–Trinajstić information content (AvgIpc) is 3.38. The van der Waals surface area contributed by atoms with Crippen molar-refractivity contribution in [2.75, 3.05) is 10.8 Å². The third-order valence-electron chi connectivity index (χ3n) is 7.05. The molecule has 0 saturated carbocycles. The van der Waals surface area contributed by atoms with Gasteiger partial charge < -0.3 is 10.3 Å². The summed E-state index contributed by atoms with van der Waals surface area (Å²) >= 11 is 0. The fourth-order valence-electron chi connectivity index (χ4n) is 5.18. The summed E-state index contributed by atoms with van der Waals surface area (Å²) in [7, 11) is 0. The van der Waals surface area contributed by atoms with Crippen molar-refractivity contribution in [3.63, 3.8) is 0 Å². The van der Waals surface area contributed by atoms with Gasteiger partial charge in [0.05, 0.1) is 23.5 Å². The highest BCUT2D eigenvalue weighted by molar-refractivity contribution is 6.06. The van der Waals surface area contributed by atoms with E-state index in [9.17, 15) is 13.2 Å². The lowest BCUT2D eigenvalue weighted by molar-refractivity contribution is 0.180. The van der Waals surface area contributed by atoms with Crippen LogP contribution < -0.4 is 10.8 Å². The van der Waals surface area contributed by atoms with Crippen LogP contribution in [-0.4, -0.2) is 11.0 Å². The Bertz CT molecular complexity index is 1720. The number of benzene rings is 4. The van der Waals surface area contributed by atoms with Crippen molar-refractivity contribution >= 4 is 27.9 Å². The quantitative estimate of drug-likeness (QED) is 0.125. The van der Waals surface area contributed by atoms with Crippen LogP contribution in [0, 0.1) is 31.3 Å². The molecule has 0 unspecified atom stereocenters. The van der Waals surface area contributed by atoms with E-state index in [1.165, 1.54) is 0 Å². The van der Waals surface area contributed by atoms with Crippen molar-refractivity contribution < 1.29 is 18.0 Å². The van der Waals surface area contributed by atoms with Crippen LogP contribution in [0.5, 0.6) is 0 Å². The predicted molar refractivity (Wildman–Crippen MR) is 161 cm³/mol. The van der Waals surface area contributed by atoms with Crippen molar-refractivity contribution in [1.82, 2.24) is 4.98 Å². The Morgan fingerprint density at radius 2 is 1.61 bits per heavy atom. The summed E-state index contributed by atoms with van der Waals surface area (Å²) in [6.07, 6.45) is 1.76. The number of aromatic nitrogens is 1. The molecule has 0 amide bonds. The molecule has 0 atom stereocenters. The highest BCUT2D eigenvalue weighted by atomic mass is 19.2. The molecule has 1 heterocycles. The second kappa shape index (κ2) is 11.6. The number of hydrogen-bond donors (Lipinski definition) is 3. The molecule has 0 aliphatic carbocycles. The van der Waals surface area contributed by atoms with E-state index in [-0.39, 0.29) is 11.6 Å². The largest absolute Gasteiger partial charge is 0.381 e. The molecule has 0 aliphatic heterocycles. The van der Waals surface area contributed by atoms with E-state index in [0.29, 0.717) is 17.7 Å². The average molecular weight is 556 g/mol. The van der Waals surface area contributed by atoms with Crippen LogP contribution in [0.25, 0.3) is 27.6 Å². The second-order valence-corrected chi connectivity index (χ2v) is 10.5. The maximum atomic E-state index is 14.0. The molecule has 41 heavy (non-hydrogen) atoms. The maximum absolute atomic E-state index is 14.0. The summed E-state index contributed by atoms with van der Waals surface area (Å²) in [4.78, 5) is 9.38. The van der Waals surface area contributed by atoms with Gasteiger partial charge in [-0.3, -0.25) is 10.3 Å². The van der Waals surface area contributed by atoms with Gasteiger partial charge in [0.1, 0.15) is 0 Å². The highest BCUT2D eigenvalue weighted by Crippen LogP contribution is 2.43. The summed E-state index contributed by atoms with van der Waals surface area (Å²) in [6, 6.07) is 20.0. The number of fused-ring (bicyclic) bond motifs is 1. The molecule has 7 heteroatoms. The SMILES string of the molecule is C=C(c1cc(F)c(F)c(F)c1)c1c[nH]c2c(-c3c(C)cc(C)c(NC(C)C)c3NOCc3ccccc3)cccc12. The van der Waals surface area contributed by atoms with Crippen molar-refractivity contribution in [3.8, 4) is 11.1 Å². The van der Waals surface area contributed by atoms with Crippen LogP contribution in [0.1, 0.15) is 41.7 Å². The monoisotopic (exact) mass is 555 g/mol. The number of aryl methyl sites for hydroxylation is 2. The van der Waals surface area contributed by atoms with Gasteiger partial charge in [0.25, 0.3) is 0 Å². The molecule has 0 aliphatic rings. The Labute approximate surface area is 237 Å². The number of rotatable bonds is 9. The minimum absolute atomic E-state index is 0.166. The molecule has 0 spiro atoms. The van der Waals surface area contributed by atoms with Gasteiger partial charge in [0, 0.05) is 34.3 Å². The normalized spacial score (nSPS) is 11.3. The van der Waals surface area contributed by atoms with Gasteiger partial charge >= 0.3 is 0 Å². The predicted octanol–water partition coefficient (Wildman–Crippen LogP) is 9.29. The second-order valence-electron chi connectivity index (χ2n) is 10.5. The van der Waals surface area contributed by atoms with E-state index in [0.717, 1.165) is 62.2 Å². The maximum Gasteiger partial charge on any atom is 0.194 e. The number of para-hydroxylation sites is 1. The molecule has 0 fully saturated rings. The molecule has 3 N–H and O–H groups in total. The number of halogens is 3. The fraction of sp³-hybridized carbons (Fsp3) is 0.176. The molecule has 5 aromatic rings. The van der Waals surface area contributed by atoms with E-state index in [1.807, 2.05) is 48.5 Å². The Hall–Kier alpha value is -4.49. The Balaban J connectivity index is 1.62. The van der Waals surface area contributed by atoms with Gasteiger partial charge in [-0.25, -0.2) is 13.2 Å². The summed E-state index contributed by atoms with van der Waals surface area (Å²) in [5, 5.41) is 4.38. The first-order valence-electron chi connectivity index (χ1n) is 13.4. The Morgan fingerprint density at radius 3 is 2.29 bits per heavy atom. The number of anilines is 2. The molecular formula is C34H32F3N3O. The van der Waals surface area contributed by atoms with Gasteiger partial charge in [0.15, 0.2) is 17.5 Å². The first-order chi connectivity index (χ1) is 19.7. The summed E-state index contributed by atoms with van der Waals surface area (Å²) in [5.74, 6) is -4.01. The van der Waals surface area contributed by atoms with Crippen LogP contribution in [0.15, 0.2) is 79.5 Å². The van der Waals surface area contributed by atoms with Gasteiger partial charge in [-0.2, -0.15) is 0 Å². The molecule has 0 radical (unpaired) electrons. The van der Waals surface area contributed by atoms with E-state index in [2.05, 4.69) is 56.1 Å². The van der Waals surface area contributed by atoms with Crippen LogP contribution in [-0.2, 0) is 11.4 Å². The van der Waals surface area contributed by atoms with E-state index in [4.69, 9.17) is 4.84 Å². The van der Waals surface area contributed by atoms with Crippen LogP contribution in [0.4, 0.5) is 24.5 Å².